The summed E-state index contributed by atoms with van der Waals surface area (Å²) in [6, 6.07) is 12.6. The molecule has 0 aliphatic heterocycles. The van der Waals surface area contributed by atoms with Crippen LogP contribution in [0.3, 0.4) is 0 Å². The molecule has 0 amide bonds. The van der Waals surface area contributed by atoms with Gasteiger partial charge >= 0.3 is 0 Å². The van der Waals surface area contributed by atoms with Gasteiger partial charge in [-0.05, 0) is 57.2 Å². The fraction of sp³-hybridized carbons (Fsp3) is 0.350. The van der Waals surface area contributed by atoms with Crippen LogP contribution in [0, 0.1) is 6.92 Å². The third-order valence-corrected chi connectivity index (χ3v) is 5.12. The number of aryl methyl sites for hydroxylation is 1. The molecule has 1 aromatic carbocycles. The van der Waals surface area contributed by atoms with Crippen molar-refractivity contribution in [1.82, 2.24) is 9.88 Å². The van der Waals surface area contributed by atoms with Crippen LogP contribution in [0.5, 0.6) is 5.75 Å². The van der Waals surface area contributed by atoms with Crippen LogP contribution in [-0.4, -0.2) is 23.0 Å². The lowest BCUT2D eigenvalue weighted by atomic mass is 10.2. The zero-order valence-corrected chi connectivity index (χ0v) is 16.0. The Hall–Kier alpha value is -2.11. The summed E-state index contributed by atoms with van der Waals surface area (Å²) in [6.07, 6.45) is 1.76. The number of aromatic nitrogens is 1. The lowest BCUT2D eigenvalue weighted by molar-refractivity contribution is 0.203. The van der Waals surface area contributed by atoms with Gasteiger partial charge < -0.3 is 9.15 Å². The van der Waals surface area contributed by atoms with Crippen molar-refractivity contribution in [2.75, 3.05) is 7.11 Å². The van der Waals surface area contributed by atoms with Gasteiger partial charge in [0, 0.05) is 34.4 Å². The lowest BCUT2D eigenvalue weighted by Crippen LogP contribution is -2.29. The van der Waals surface area contributed by atoms with Gasteiger partial charge in [-0.15, -0.1) is 11.3 Å². The minimum absolute atomic E-state index is 0.434. The van der Waals surface area contributed by atoms with Gasteiger partial charge in [0.2, 0.25) is 5.89 Å². The first-order valence-corrected chi connectivity index (χ1v) is 9.25. The SMILES string of the molecule is COc1ccc(-c2nc(CN(Cc3ccc(C)s3)C(C)C)co2)cc1. The Morgan fingerprint density at radius 1 is 1.12 bits per heavy atom. The van der Waals surface area contributed by atoms with Crippen molar-refractivity contribution in [3.8, 4) is 17.2 Å². The monoisotopic (exact) mass is 356 g/mol. The van der Waals surface area contributed by atoms with Gasteiger partial charge in [0.15, 0.2) is 0 Å². The van der Waals surface area contributed by atoms with Gasteiger partial charge in [-0.25, -0.2) is 4.98 Å². The zero-order valence-electron chi connectivity index (χ0n) is 15.2. The number of hydrogen-bond donors (Lipinski definition) is 0. The van der Waals surface area contributed by atoms with Crippen molar-refractivity contribution in [2.24, 2.45) is 0 Å². The highest BCUT2D eigenvalue weighted by Crippen LogP contribution is 2.24. The van der Waals surface area contributed by atoms with E-state index in [1.54, 1.807) is 13.4 Å². The van der Waals surface area contributed by atoms with Crippen LogP contribution in [0.25, 0.3) is 11.5 Å². The molecule has 0 N–H and O–H groups in total. The number of hydrogen-bond acceptors (Lipinski definition) is 5. The van der Waals surface area contributed by atoms with Crippen LogP contribution in [-0.2, 0) is 13.1 Å². The minimum atomic E-state index is 0.434. The molecule has 25 heavy (non-hydrogen) atoms. The van der Waals surface area contributed by atoms with E-state index in [-0.39, 0.29) is 0 Å². The number of oxazole rings is 1. The Morgan fingerprint density at radius 2 is 1.88 bits per heavy atom. The Morgan fingerprint density at radius 3 is 2.48 bits per heavy atom. The summed E-state index contributed by atoms with van der Waals surface area (Å²) < 4.78 is 10.9. The van der Waals surface area contributed by atoms with Crippen LogP contribution in [0.2, 0.25) is 0 Å². The number of rotatable bonds is 7. The Labute approximate surface area is 153 Å². The number of thiophene rings is 1. The molecule has 3 rings (SSSR count). The maximum atomic E-state index is 5.68. The maximum Gasteiger partial charge on any atom is 0.226 e. The number of ether oxygens (including phenoxy) is 1. The van der Waals surface area contributed by atoms with Crippen LogP contribution >= 0.6 is 11.3 Å². The summed E-state index contributed by atoms with van der Waals surface area (Å²) in [4.78, 5) is 9.79. The first kappa shape index (κ1) is 17.7. The van der Waals surface area contributed by atoms with Gasteiger partial charge in [0.25, 0.3) is 0 Å². The van der Waals surface area contributed by atoms with Gasteiger partial charge in [-0.1, -0.05) is 0 Å². The lowest BCUT2D eigenvalue weighted by Gasteiger charge is -2.24. The van der Waals surface area contributed by atoms with E-state index in [0.29, 0.717) is 11.9 Å². The second-order valence-electron chi connectivity index (χ2n) is 6.38. The van der Waals surface area contributed by atoms with Crippen LogP contribution in [0.15, 0.2) is 47.1 Å². The van der Waals surface area contributed by atoms with E-state index in [9.17, 15) is 0 Å². The largest absolute Gasteiger partial charge is 0.497 e. The molecule has 132 valence electrons. The molecule has 2 heterocycles. The average Bonchev–Trinajstić information content (AvgIpc) is 3.23. The minimum Gasteiger partial charge on any atom is -0.497 e. The van der Waals surface area contributed by atoms with E-state index in [4.69, 9.17) is 9.15 Å². The second kappa shape index (κ2) is 7.85. The van der Waals surface area contributed by atoms with Crippen molar-refractivity contribution >= 4 is 11.3 Å². The maximum absolute atomic E-state index is 5.68. The summed E-state index contributed by atoms with van der Waals surface area (Å²) in [5.41, 5.74) is 1.91. The molecular formula is C20H24N2O2S. The molecule has 0 saturated heterocycles. The van der Waals surface area contributed by atoms with Crippen molar-refractivity contribution in [2.45, 2.75) is 39.9 Å². The summed E-state index contributed by atoms with van der Waals surface area (Å²) in [5, 5.41) is 0. The Balaban J connectivity index is 1.71. The molecule has 0 unspecified atom stereocenters. The van der Waals surface area contributed by atoms with Crippen LogP contribution in [0.1, 0.15) is 29.3 Å². The summed E-state index contributed by atoms with van der Waals surface area (Å²) in [6.45, 7) is 8.28. The van der Waals surface area contributed by atoms with Crippen molar-refractivity contribution in [3.63, 3.8) is 0 Å². The third kappa shape index (κ3) is 4.50. The fourth-order valence-electron chi connectivity index (χ4n) is 2.65. The van der Waals surface area contributed by atoms with E-state index in [0.717, 1.165) is 30.1 Å². The van der Waals surface area contributed by atoms with Crippen LogP contribution < -0.4 is 4.74 Å². The smallest absolute Gasteiger partial charge is 0.226 e. The molecule has 0 spiro atoms. The van der Waals surface area contributed by atoms with Crippen molar-refractivity contribution in [3.05, 3.63) is 58.1 Å². The zero-order chi connectivity index (χ0) is 17.8. The topological polar surface area (TPSA) is 38.5 Å². The van der Waals surface area contributed by atoms with Crippen molar-refractivity contribution < 1.29 is 9.15 Å². The quantitative estimate of drug-likeness (QED) is 0.588. The van der Waals surface area contributed by atoms with E-state index in [2.05, 4.69) is 42.8 Å². The van der Waals surface area contributed by atoms with E-state index in [1.807, 2.05) is 35.6 Å². The summed E-state index contributed by atoms with van der Waals surface area (Å²) >= 11 is 1.85. The predicted octanol–water partition coefficient (Wildman–Crippen LogP) is 5.13. The molecule has 0 aliphatic carbocycles. The second-order valence-corrected chi connectivity index (χ2v) is 7.76. The Bertz CT molecular complexity index is 805. The van der Waals surface area contributed by atoms with Gasteiger partial charge in [-0.2, -0.15) is 0 Å². The molecule has 0 bridgehead atoms. The fourth-order valence-corrected chi connectivity index (χ4v) is 3.56. The first-order chi connectivity index (χ1) is 12.0. The van der Waals surface area contributed by atoms with E-state index in [1.165, 1.54) is 9.75 Å². The normalized spacial score (nSPS) is 11.4. The van der Waals surface area contributed by atoms with E-state index >= 15 is 0 Å². The molecule has 4 nitrogen and oxygen atoms in total. The molecule has 2 aromatic heterocycles. The molecule has 0 atom stereocenters. The molecule has 0 fully saturated rings. The summed E-state index contributed by atoms with van der Waals surface area (Å²) in [7, 11) is 1.66. The van der Waals surface area contributed by atoms with Crippen LogP contribution in [0.4, 0.5) is 0 Å². The molecule has 5 heteroatoms. The third-order valence-electron chi connectivity index (χ3n) is 4.14. The van der Waals surface area contributed by atoms with Gasteiger partial charge in [-0.3, -0.25) is 4.90 Å². The number of methoxy groups -OCH3 is 1. The molecule has 0 radical (unpaired) electrons. The van der Waals surface area contributed by atoms with Gasteiger partial charge in [0.05, 0.1) is 12.8 Å². The number of benzene rings is 1. The highest BCUT2D eigenvalue weighted by Gasteiger charge is 2.15. The molecule has 0 saturated carbocycles. The Kier molecular flexibility index (Phi) is 5.56. The van der Waals surface area contributed by atoms with E-state index < -0.39 is 0 Å². The van der Waals surface area contributed by atoms with Gasteiger partial charge in [0.1, 0.15) is 12.0 Å². The molecule has 0 aliphatic rings. The van der Waals surface area contributed by atoms with Crippen molar-refractivity contribution in [1.29, 1.82) is 0 Å². The predicted molar refractivity (Wildman–Crippen MR) is 102 cm³/mol. The standard InChI is InChI=1S/C20H24N2O2S/c1-14(2)22(12-19-10-5-15(3)25-19)11-17-13-24-20(21-17)16-6-8-18(23-4)9-7-16/h5-10,13-14H,11-12H2,1-4H3. The highest BCUT2D eigenvalue weighted by molar-refractivity contribution is 7.11. The molecule has 3 aromatic rings. The first-order valence-electron chi connectivity index (χ1n) is 8.43. The highest BCUT2D eigenvalue weighted by atomic mass is 32.1. The average molecular weight is 356 g/mol. The number of nitrogens with zero attached hydrogens (tertiary/aromatic N) is 2. The molecular weight excluding hydrogens is 332 g/mol. The summed E-state index contributed by atoms with van der Waals surface area (Å²) in [5.74, 6) is 1.47.